The van der Waals surface area contributed by atoms with Crippen molar-refractivity contribution in [3.63, 3.8) is 0 Å². The molecule has 37 heavy (non-hydrogen) atoms. The number of carbonyl (C=O) groups excluding carboxylic acids is 1. The van der Waals surface area contributed by atoms with Crippen molar-refractivity contribution in [2.45, 2.75) is 21.3 Å². The average molecular weight is 509 g/mol. The van der Waals surface area contributed by atoms with E-state index in [1.807, 2.05) is 37.3 Å². The molecule has 1 amide bonds. The zero-order valence-electron chi connectivity index (χ0n) is 19.4. The van der Waals surface area contributed by atoms with Crippen LogP contribution in [0, 0.1) is 66.4 Å². The zero-order chi connectivity index (χ0) is 25.9. The second kappa shape index (κ2) is 13.9. The number of terminal acetylenes is 1. The number of aryl methyl sites for hydroxylation is 1. The number of rotatable bonds is 3. The molecule has 0 aliphatic rings. The van der Waals surface area contributed by atoms with Crippen LogP contribution in [0.15, 0.2) is 60.7 Å². The number of hydrogen-bond donors (Lipinski definition) is 1. The minimum atomic E-state index is -0.823. The third kappa shape index (κ3) is 7.81. The largest absolute Gasteiger partial charge is 0.319 e. The summed E-state index contributed by atoms with van der Waals surface area (Å²) in [6, 6.07) is 16.0. The van der Waals surface area contributed by atoms with Crippen LogP contribution in [0.1, 0.15) is 29.6 Å². The molecule has 2 aromatic heterocycles. The highest BCUT2D eigenvalue weighted by molar-refractivity contribution is 7.15. The molecule has 0 radical (unpaired) electrons. The molecule has 0 fully saturated rings. The molecule has 0 saturated heterocycles. The van der Waals surface area contributed by atoms with Crippen molar-refractivity contribution in [1.82, 2.24) is 4.98 Å². The molecule has 0 bridgehead atoms. The normalized spacial score (nSPS) is 8.84. The highest BCUT2D eigenvalue weighted by atomic mass is 32.1. The van der Waals surface area contributed by atoms with Crippen LogP contribution in [0.2, 0.25) is 0 Å². The second-order valence-corrected chi connectivity index (χ2v) is 8.37. The number of anilines is 1. The molecule has 0 aliphatic heterocycles. The summed E-state index contributed by atoms with van der Waals surface area (Å²) in [5.41, 5.74) is 1.66. The van der Waals surface area contributed by atoms with Gasteiger partial charge in [0.25, 0.3) is 5.91 Å². The van der Waals surface area contributed by atoms with Crippen LogP contribution in [0.25, 0.3) is 21.5 Å². The fourth-order valence-electron chi connectivity index (χ4n) is 3.03. The van der Waals surface area contributed by atoms with Crippen molar-refractivity contribution in [3.05, 3.63) is 82.7 Å². The number of carbonyl (C=O) groups is 1. The van der Waals surface area contributed by atoms with E-state index in [0.717, 1.165) is 21.9 Å². The van der Waals surface area contributed by atoms with E-state index in [1.54, 1.807) is 30.4 Å². The first-order chi connectivity index (χ1) is 17.4. The summed E-state index contributed by atoms with van der Waals surface area (Å²) in [5.74, 6) is 15.0. The summed E-state index contributed by atoms with van der Waals surface area (Å²) < 4.78 is 27.0. The molecule has 0 saturated carbocycles. The molecule has 0 unspecified atom stereocenters. The number of hydrogen-bond acceptors (Lipinski definition) is 3. The summed E-state index contributed by atoms with van der Waals surface area (Å²) in [6.07, 6.45) is 4.82. The molecule has 6 heteroatoms. The Kier molecular flexibility index (Phi) is 10.6. The lowest BCUT2D eigenvalue weighted by atomic mass is 10.1. The van der Waals surface area contributed by atoms with E-state index in [0.29, 0.717) is 22.2 Å². The number of para-hydroxylation sites is 1. The first-order valence-electron chi connectivity index (χ1n) is 10.5. The quantitative estimate of drug-likeness (QED) is 0.300. The lowest BCUT2D eigenvalue weighted by molar-refractivity contribution is 0.102. The maximum atomic E-state index is 13.9. The molecule has 2 aromatic carbocycles. The SMILES string of the molecule is C.C#CC#CC#CC#CC.Cc1ccc(-c2cc(C(=O)Nc3ccc(F)cc3F)c3ccccc3n2)s1. The van der Waals surface area contributed by atoms with E-state index in [4.69, 9.17) is 6.42 Å². The van der Waals surface area contributed by atoms with Gasteiger partial charge >= 0.3 is 0 Å². The molecule has 3 nitrogen and oxygen atoms in total. The molecular weight excluding hydrogens is 486 g/mol. The predicted molar refractivity (Wildman–Crippen MR) is 149 cm³/mol. The third-order valence-corrected chi connectivity index (χ3v) is 5.60. The minimum Gasteiger partial charge on any atom is -0.319 e. The van der Waals surface area contributed by atoms with Crippen LogP contribution in [0.5, 0.6) is 0 Å². The van der Waals surface area contributed by atoms with Gasteiger partial charge in [-0.1, -0.05) is 31.5 Å². The number of fused-ring (bicyclic) bond motifs is 1. The molecular formula is C31H22F2N2OS. The number of aromatic nitrogens is 1. The predicted octanol–water partition coefficient (Wildman–Crippen LogP) is 7.09. The monoisotopic (exact) mass is 508 g/mol. The maximum absolute atomic E-state index is 13.9. The fraction of sp³-hybridized carbons (Fsp3) is 0.0968. The maximum Gasteiger partial charge on any atom is 0.256 e. The van der Waals surface area contributed by atoms with Gasteiger partial charge in [0.1, 0.15) is 11.6 Å². The summed E-state index contributed by atoms with van der Waals surface area (Å²) in [4.78, 5) is 19.6. The van der Waals surface area contributed by atoms with E-state index in [2.05, 4.69) is 51.7 Å². The third-order valence-electron chi connectivity index (χ3n) is 4.58. The number of pyridine rings is 1. The van der Waals surface area contributed by atoms with E-state index >= 15 is 0 Å². The van der Waals surface area contributed by atoms with Gasteiger partial charge in [0.2, 0.25) is 0 Å². The highest BCUT2D eigenvalue weighted by Crippen LogP contribution is 2.30. The van der Waals surface area contributed by atoms with Crippen molar-refractivity contribution >= 4 is 33.8 Å². The van der Waals surface area contributed by atoms with E-state index < -0.39 is 17.5 Å². The first-order valence-corrected chi connectivity index (χ1v) is 11.3. The van der Waals surface area contributed by atoms with Gasteiger partial charge in [0.15, 0.2) is 0 Å². The fourth-order valence-corrected chi connectivity index (χ4v) is 3.86. The molecule has 0 atom stereocenters. The van der Waals surface area contributed by atoms with Crippen molar-refractivity contribution in [2.24, 2.45) is 0 Å². The summed E-state index contributed by atoms with van der Waals surface area (Å²) >= 11 is 1.58. The van der Waals surface area contributed by atoms with Crippen molar-refractivity contribution in [3.8, 4) is 58.4 Å². The van der Waals surface area contributed by atoms with E-state index in [1.165, 1.54) is 6.07 Å². The van der Waals surface area contributed by atoms with Gasteiger partial charge in [-0.3, -0.25) is 4.79 Å². The van der Waals surface area contributed by atoms with Gasteiger partial charge in [0.05, 0.1) is 27.3 Å². The van der Waals surface area contributed by atoms with E-state index in [9.17, 15) is 13.6 Å². The Morgan fingerprint density at radius 1 is 0.973 bits per heavy atom. The van der Waals surface area contributed by atoms with Crippen molar-refractivity contribution < 1.29 is 13.6 Å². The number of benzene rings is 2. The molecule has 2 heterocycles. The zero-order valence-corrected chi connectivity index (χ0v) is 20.2. The average Bonchev–Trinajstić information content (AvgIpc) is 3.31. The molecule has 0 spiro atoms. The van der Waals surface area contributed by atoms with Gasteiger partial charge in [0, 0.05) is 16.3 Å². The molecule has 182 valence electrons. The highest BCUT2D eigenvalue weighted by Gasteiger charge is 2.16. The van der Waals surface area contributed by atoms with Gasteiger partial charge < -0.3 is 5.32 Å². The van der Waals surface area contributed by atoms with Crippen LogP contribution in [0.4, 0.5) is 14.5 Å². The number of nitrogens with zero attached hydrogens (tertiary/aromatic N) is 1. The number of halogens is 2. The second-order valence-electron chi connectivity index (χ2n) is 7.08. The molecule has 4 aromatic rings. The standard InChI is InChI=1S/C21H14F2N2OS.C9H4.CH4/c1-12-6-9-20(27-12)19-11-15(14-4-2-3-5-17(14)24-19)21(26)25-18-8-7-13(22)10-16(18)23;1-3-5-7-9-8-6-4-2;/h2-11H,1H3,(H,25,26);1H,2H3;1H4. The van der Waals surface area contributed by atoms with Crippen LogP contribution in [-0.4, -0.2) is 10.9 Å². The smallest absolute Gasteiger partial charge is 0.256 e. The molecule has 1 N–H and O–H groups in total. The number of thiophene rings is 1. The summed E-state index contributed by atoms with van der Waals surface area (Å²) in [6.45, 7) is 3.71. The Balaban J connectivity index is 0.000000416. The Labute approximate surface area is 220 Å². The van der Waals surface area contributed by atoms with Crippen molar-refractivity contribution in [1.29, 1.82) is 0 Å². The lowest BCUT2D eigenvalue weighted by Gasteiger charge is -2.10. The minimum absolute atomic E-state index is 0. The lowest BCUT2D eigenvalue weighted by Crippen LogP contribution is -2.14. The van der Waals surface area contributed by atoms with Crippen LogP contribution >= 0.6 is 11.3 Å². The van der Waals surface area contributed by atoms with Crippen molar-refractivity contribution in [2.75, 3.05) is 5.32 Å². The van der Waals surface area contributed by atoms with Crippen LogP contribution in [-0.2, 0) is 0 Å². The Hall–Kier alpha value is -4.88. The number of nitrogens with one attached hydrogen (secondary N) is 1. The Morgan fingerprint density at radius 3 is 2.38 bits per heavy atom. The topological polar surface area (TPSA) is 42.0 Å². The van der Waals surface area contributed by atoms with Gasteiger partial charge in [-0.15, -0.1) is 17.8 Å². The molecule has 0 aliphatic carbocycles. The first kappa shape index (κ1) is 28.4. The Bertz CT molecular complexity index is 1660. The van der Waals surface area contributed by atoms with Gasteiger partial charge in [-0.25, -0.2) is 13.8 Å². The number of amides is 1. The van der Waals surface area contributed by atoms with Crippen LogP contribution in [0.3, 0.4) is 0 Å². The van der Waals surface area contributed by atoms with Gasteiger partial charge in [-0.05, 0) is 85.8 Å². The van der Waals surface area contributed by atoms with Crippen LogP contribution < -0.4 is 5.32 Å². The Morgan fingerprint density at radius 2 is 1.70 bits per heavy atom. The van der Waals surface area contributed by atoms with E-state index in [-0.39, 0.29) is 13.1 Å². The summed E-state index contributed by atoms with van der Waals surface area (Å²) in [7, 11) is 0. The molecule has 4 rings (SSSR count). The van der Waals surface area contributed by atoms with Gasteiger partial charge in [-0.2, -0.15) is 0 Å². The summed E-state index contributed by atoms with van der Waals surface area (Å²) in [5, 5.41) is 3.19.